The monoisotopic (exact) mass is 133 g/mol. The summed E-state index contributed by atoms with van der Waals surface area (Å²) in [4.78, 5) is 0. The summed E-state index contributed by atoms with van der Waals surface area (Å²) in [6, 6.07) is 0. The van der Waals surface area contributed by atoms with Crippen molar-refractivity contribution >= 4 is 11.8 Å². The molecule has 1 saturated heterocycles. The molecule has 0 atom stereocenters. The normalized spacial score (nSPS) is 20.6. The summed E-state index contributed by atoms with van der Waals surface area (Å²) in [5, 5.41) is 0.749. The summed E-state index contributed by atoms with van der Waals surface area (Å²) >= 11 is 1.91. The highest BCUT2D eigenvalue weighted by Crippen LogP contribution is 2.17. The lowest BCUT2D eigenvalue weighted by molar-refractivity contribution is 0.0455. The molecule has 3 heteroatoms. The first-order valence-corrected chi connectivity index (χ1v) is 3.88. The third-order valence-corrected chi connectivity index (χ3v) is 2.29. The Labute approximate surface area is 53.8 Å². The Balaban J connectivity index is 1.86. The minimum Gasteiger partial charge on any atom is -0.379 e. The summed E-state index contributed by atoms with van der Waals surface area (Å²) in [6.45, 7) is 2.66. The van der Waals surface area contributed by atoms with E-state index in [-0.39, 0.29) is 0 Å². The Bertz CT molecular complexity index is 65.4. The number of thioether (sulfide) groups is 1. The summed E-state index contributed by atoms with van der Waals surface area (Å²) in [7, 11) is 0. The van der Waals surface area contributed by atoms with Crippen LogP contribution in [-0.2, 0) is 4.74 Å². The van der Waals surface area contributed by atoms with Gasteiger partial charge in [-0.1, -0.05) is 0 Å². The largest absolute Gasteiger partial charge is 0.379 e. The molecular weight excluding hydrogens is 122 g/mol. The molecule has 1 aliphatic rings. The Morgan fingerprint density at radius 3 is 2.75 bits per heavy atom. The first-order valence-electron chi connectivity index (χ1n) is 2.83. The molecule has 0 spiro atoms. The molecule has 2 nitrogen and oxygen atoms in total. The molecule has 0 aromatic heterocycles. The van der Waals surface area contributed by atoms with Crippen LogP contribution in [0.3, 0.4) is 0 Å². The molecule has 0 amide bonds. The summed E-state index contributed by atoms with van der Waals surface area (Å²) in [5.41, 5.74) is 5.29. The van der Waals surface area contributed by atoms with Gasteiger partial charge in [0.1, 0.15) is 0 Å². The van der Waals surface area contributed by atoms with Crippen LogP contribution in [0.2, 0.25) is 0 Å². The zero-order valence-corrected chi connectivity index (χ0v) is 5.62. The Kier molecular flexibility index (Phi) is 2.66. The second kappa shape index (κ2) is 3.33. The van der Waals surface area contributed by atoms with E-state index in [0.717, 1.165) is 30.8 Å². The smallest absolute Gasteiger partial charge is 0.0607 e. The molecule has 1 rings (SSSR count). The van der Waals surface area contributed by atoms with E-state index in [4.69, 9.17) is 10.5 Å². The van der Waals surface area contributed by atoms with Crippen LogP contribution < -0.4 is 5.73 Å². The van der Waals surface area contributed by atoms with Crippen LogP contribution >= 0.6 is 11.8 Å². The number of hydrogen-bond donors (Lipinski definition) is 1. The number of nitrogens with two attached hydrogens (primary N) is 1. The zero-order chi connectivity index (χ0) is 5.82. The first kappa shape index (κ1) is 6.39. The maximum Gasteiger partial charge on any atom is 0.0607 e. The van der Waals surface area contributed by atoms with Crippen molar-refractivity contribution in [2.24, 2.45) is 5.73 Å². The molecule has 0 bridgehead atoms. The zero-order valence-electron chi connectivity index (χ0n) is 4.80. The van der Waals surface area contributed by atoms with Gasteiger partial charge < -0.3 is 10.5 Å². The lowest BCUT2D eigenvalue weighted by Gasteiger charge is -2.24. The van der Waals surface area contributed by atoms with E-state index >= 15 is 0 Å². The Morgan fingerprint density at radius 1 is 1.62 bits per heavy atom. The Hall–Kier alpha value is 0.270. The average Bonchev–Trinajstić information content (AvgIpc) is 1.63. The minimum atomic E-state index is 0.749. The minimum absolute atomic E-state index is 0.749. The highest BCUT2D eigenvalue weighted by atomic mass is 32.2. The van der Waals surface area contributed by atoms with Gasteiger partial charge in [0.25, 0.3) is 0 Å². The van der Waals surface area contributed by atoms with Gasteiger partial charge in [0, 0.05) is 12.3 Å². The van der Waals surface area contributed by atoms with Crippen LogP contribution in [0.1, 0.15) is 0 Å². The van der Waals surface area contributed by atoms with Crippen LogP contribution in [-0.4, -0.2) is 30.8 Å². The fourth-order valence-corrected chi connectivity index (χ4v) is 1.40. The molecule has 0 saturated carbocycles. The molecule has 0 aliphatic carbocycles. The molecule has 0 unspecified atom stereocenters. The summed E-state index contributed by atoms with van der Waals surface area (Å²) in [5.74, 6) is 1.08. The van der Waals surface area contributed by atoms with Crippen LogP contribution in [0.4, 0.5) is 0 Å². The van der Waals surface area contributed by atoms with Crippen LogP contribution in [0.25, 0.3) is 0 Å². The molecular formula is C5H11NOS. The molecule has 0 aromatic carbocycles. The van der Waals surface area contributed by atoms with E-state index in [1.165, 1.54) is 0 Å². The Morgan fingerprint density at radius 2 is 2.38 bits per heavy atom. The molecule has 1 fully saturated rings. The third kappa shape index (κ3) is 1.65. The van der Waals surface area contributed by atoms with E-state index in [2.05, 4.69) is 0 Å². The standard InChI is InChI=1S/C5H11NOS/c6-1-2-8-5-3-7-4-5/h5H,1-4,6H2. The molecule has 2 N–H and O–H groups in total. The highest BCUT2D eigenvalue weighted by molar-refractivity contribution is 8.00. The van der Waals surface area contributed by atoms with E-state index in [1.54, 1.807) is 0 Å². The van der Waals surface area contributed by atoms with E-state index in [0.29, 0.717) is 0 Å². The van der Waals surface area contributed by atoms with Gasteiger partial charge in [0.05, 0.1) is 18.5 Å². The first-order chi connectivity index (χ1) is 3.93. The second-order valence-electron chi connectivity index (χ2n) is 1.82. The SMILES string of the molecule is NCCSC1COC1. The maximum absolute atomic E-state index is 5.29. The van der Waals surface area contributed by atoms with Crippen molar-refractivity contribution in [3.8, 4) is 0 Å². The van der Waals surface area contributed by atoms with Crippen molar-refractivity contribution in [2.75, 3.05) is 25.5 Å². The van der Waals surface area contributed by atoms with Gasteiger partial charge in [-0.25, -0.2) is 0 Å². The molecule has 1 aliphatic heterocycles. The summed E-state index contributed by atoms with van der Waals surface area (Å²) < 4.78 is 4.97. The highest BCUT2D eigenvalue weighted by Gasteiger charge is 2.17. The lowest BCUT2D eigenvalue weighted by atomic mass is 10.4. The number of ether oxygens (including phenoxy) is 1. The van der Waals surface area contributed by atoms with Gasteiger partial charge in [0.15, 0.2) is 0 Å². The van der Waals surface area contributed by atoms with Crippen LogP contribution in [0, 0.1) is 0 Å². The molecule has 0 radical (unpaired) electrons. The van der Waals surface area contributed by atoms with Crippen molar-refractivity contribution in [2.45, 2.75) is 5.25 Å². The van der Waals surface area contributed by atoms with E-state index < -0.39 is 0 Å². The average molecular weight is 133 g/mol. The van der Waals surface area contributed by atoms with Crippen molar-refractivity contribution in [1.82, 2.24) is 0 Å². The number of hydrogen-bond acceptors (Lipinski definition) is 3. The van der Waals surface area contributed by atoms with Gasteiger partial charge in [-0.15, -0.1) is 0 Å². The topological polar surface area (TPSA) is 35.2 Å². The van der Waals surface area contributed by atoms with E-state index in [1.807, 2.05) is 11.8 Å². The lowest BCUT2D eigenvalue weighted by Crippen LogP contribution is -2.31. The third-order valence-electron chi connectivity index (χ3n) is 1.08. The van der Waals surface area contributed by atoms with Gasteiger partial charge in [-0.05, 0) is 0 Å². The molecule has 0 aromatic rings. The summed E-state index contributed by atoms with van der Waals surface area (Å²) in [6.07, 6.45) is 0. The van der Waals surface area contributed by atoms with Crippen molar-refractivity contribution in [1.29, 1.82) is 0 Å². The van der Waals surface area contributed by atoms with Gasteiger partial charge >= 0.3 is 0 Å². The van der Waals surface area contributed by atoms with Crippen molar-refractivity contribution in [3.05, 3.63) is 0 Å². The predicted molar refractivity (Wildman–Crippen MR) is 36.1 cm³/mol. The van der Waals surface area contributed by atoms with Gasteiger partial charge in [0.2, 0.25) is 0 Å². The number of rotatable bonds is 3. The fourth-order valence-electron chi connectivity index (χ4n) is 0.545. The predicted octanol–water partition coefficient (Wildman–Crippen LogP) is 0.0771. The molecule has 48 valence electrons. The molecule has 1 heterocycles. The quantitative estimate of drug-likeness (QED) is 0.592. The van der Waals surface area contributed by atoms with E-state index in [9.17, 15) is 0 Å². The maximum atomic E-state index is 5.29. The van der Waals surface area contributed by atoms with Crippen molar-refractivity contribution < 1.29 is 4.74 Å². The molecule has 8 heavy (non-hydrogen) atoms. The van der Waals surface area contributed by atoms with Gasteiger partial charge in [-0.2, -0.15) is 11.8 Å². The van der Waals surface area contributed by atoms with Crippen molar-refractivity contribution in [3.63, 3.8) is 0 Å². The second-order valence-corrected chi connectivity index (χ2v) is 3.23. The van der Waals surface area contributed by atoms with Gasteiger partial charge in [-0.3, -0.25) is 0 Å². The fraction of sp³-hybridized carbons (Fsp3) is 1.00. The van der Waals surface area contributed by atoms with Crippen LogP contribution in [0.5, 0.6) is 0 Å². The van der Waals surface area contributed by atoms with Crippen LogP contribution in [0.15, 0.2) is 0 Å².